The van der Waals surface area contributed by atoms with Crippen LogP contribution in [0.25, 0.3) is 73.4 Å². The summed E-state index contributed by atoms with van der Waals surface area (Å²) in [6, 6.07) is 81.8. The van der Waals surface area contributed by atoms with Gasteiger partial charge >= 0.3 is 0 Å². The number of aromatic nitrogens is 1. The predicted molar refractivity (Wildman–Crippen MR) is 272 cm³/mol. The monoisotopic (exact) mass is 820 g/mol. The van der Waals surface area contributed by atoms with Crippen molar-refractivity contribution >= 4 is 40.1 Å². The van der Waals surface area contributed by atoms with Gasteiger partial charge in [-0.25, -0.2) is 0 Å². The Kier molecular flexibility index (Phi) is 9.78. The Balaban J connectivity index is 1.02. The number of aryl methyl sites for hydroxylation is 1. The minimum absolute atomic E-state index is 0.0897. The molecule has 1 aliphatic carbocycles. The van der Waals surface area contributed by atoms with Crippen molar-refractivity contribution in [3.63, 3.8) is 0 Å². The molecule has 0 saturated heterocycles. The Labute approximate surface area is 376 Å². The molecule has 10 aromatic rings. The molecule has 0 spiro atoms. The van der Waals surface area contributed by atoms with Crippen molar-refractivity contribution in [2.45, 2.75) is 26.2 Å². The summed E-state index contributed by atoms with van der Waals surface area (Å²) in [5, 5.41) is 1.21. The number of hydrogen-bond donors (Lipinski definition) is 0. The van der Waals surface area contributed by atoms with E-state index in [-0.39, 0.29) is 5.41 Å². The van der Waals surface area contributed by atoms with Gasteiger partial charge in [-0.3, -0.25) is 0 Å². The first kappa shape index (κ1) is 38.9. The van der Waals surface area contributed by atoms with Crippen LogP contribution in [0.2, 0.25) is 0 Å². The van der Waals surface area contributed by atoms with Crippen molar-refractivity contribution < 1.29 is 0 Å². The van der Waals surface area contributed by atoms with Gasteiger partial charge < -0.3 is 9.47 Å². The first-order chi connectivity index (χ1) is 31.4. The highest BCUT2D eigenvalue weighted by molar-refractivity contribution is 6.09. The zero-order valence-corrected chi connectivity index (χ0v) is 36.4. The Morgan fingerprint density at radius 2 is 1.00 bits per heavy atom. The Bertz CT molecular complexity index is 3300. The van der Waals surface area contributed by atoms with Gasteiger partial charge in [0.1, 0.15) is 0 Å². The van der Waals surface area contributed by atoms with Crippen molar-refractivity contribution in [2.75, 3.05) is 4.90 Å². The highest BCUT2D eigenvalue weighted by Gasteiger charge is 2.35. The summed E-state index contributed by atoms with van der Waals surface area (Å²) in [5.41, 5.74) is 21.7. The highest BCUT2D eigenvalue weighted by atomic mass is 15.1. The van der Waals surface area contributed by atoms with Crippen LogP contribution in [-0.4, -0.2) is 4.57 Å². The predicted octanol–water partition coefficient (Wildman–Crippen LogP) is 16.9. The van der Waals surface area contributed by atoms with E-state index in [0.29, 0.717) is 0 Å². The number of benzene rings is 9. The normalized spacial score (nSPS) is 12.7. The minimum Gasteiger partial charge on any atom is -0.310 e. The summed E-state index contributed by atoms with van der Waals surface area (Å²) < 4.78 is 2.47. The third-order valence-corrected chi connectivity index (χ3v) is 13.1. The van der Waals surface area contributed by atoms with E-state index in [0.717, 1.165) is 33.9 Å². The molecule has 0 unspecified atom stereocenters. The molecule has 1 aromatic heterocycles. The number of hydrogen-bond acceptors (Lipinski definition) is 1. The topological polar surface area (TPSA) is 8.17 Å². The van der Waals surface area contributed by atoms with Gasteiger partial charge in [-0.15, -0.1) is 0 Å². The largest absolute Gasteiger partial charge is 0.310 e. The average molecular weight is 821 g/mol. The van der Waals surface area contributed by atoms with Gasteiger partial charge in [0, 0.05) is 39.1 Å². The maximum atomic E-state index is 2.47. The number of para-hydroxylation sites is 1. The molecular formula is C62H48N2. The summed E-state index contributed by atoms with van der Waals surface area (Å²) in [6.07, 6.45) is 4.54. The van der Waals surface area contributed by atoms with Crippen molar-refractivity contribution in [1.29, 1.82) is 0 Å². The Morgan fingerprint density at radius 1 is 0.438 bits per heavy atom. The van der Waals surface area contributed by atoms with Crippen molar-refractivity contribution in [3.05, 3.63) is 252 Å². The van der Waals surface area contributed by atoms with Gasteiger partial charge in [0.05, 0.1) is 11.2 Å². The van der Waals surface area contributed by atoms with Gasteiger partial charge in [-0.05, 0) is 111 Å². The quantitative estimate of drug-likeness (QED) is 0.132. The lowest BCUT2D eigenvalue weighted by atomic mass is 9.82. The summed E-state index contributed by atoms with van der Waals surface area (Å²) in [4.78, 5) is 2.39. The van der Waals surface area contributed by atoms with Gasteiger partial charge in [-0.2, -0.15) is 0 Å². The van der Waals surface area contributed by atoms with E-state index in [4.69, 9.17) is 0 Å². The third-order valence-electron chi connectivity index (χ3n) is 13.1. The lowest BCUT2D eigenvalue weighted by Gasteiger charge is -2.28. The molecule has 0 radical (unpaired) electrons. The fourth-order valence-corrected chi connectivity index (χ4v) is 9.85. The average Bonchev–Trinajstić information content (AvgIpc) is 3.82. The van der Waals surface area contributed by atoms with Crippen molar-refractivity contribution in [1.82, 2.24) is 4.57 Å². The molecule has 2 heteroatoms. The number of fused-ring (bicyclic) bond motifs is 4. The lowest BCUT2D eigenvalue weighted by molar-refractivity contribution is 0.660. The highest BCUT2D eigenvalue weighted by Crippen LogP contribution is 2.51. The van der Waals surface area contributed by atoms with Crippen LogP contribution >= 0.6 is 0 Å². The molecule has 0 amide bonds. The summed E-state index contributed by atoms with van der Waals surface area (Å²) in [7, 11) is 0. The zero-order chi connectivity index (χ0) is 43.2. The van der Waals surface area contributed by atoms with Gasteiger partial charge in [0.25, 0.3) is 0 Å². The molecule has 2 nitrogen and oxygen atoms in total. The van der Waals surface area contributed by atoms with E-state index in [9.17, 15) is 0 Å². The van der Waals surface area contributed by atoms with Gasteiger partial charge in [-0.1, -0.05) is 207 Å². The SMILES string of the molecule is Cc1ccc(N(c2ccc(C=Cc3cccc4c(-c5ccccc5)c(-c5ccccc5)n(-c5ccc(-c6ccccc6)cc5)c34)cc2)c2ccc3c(c2)C(C)(C)c2ccccc2-3)cc1. The molecule has 0 N–H and O–H groups in total. The van der Waals surface area contributed by atoms with Crippen LogP contribution in [0.15, 0.2) is 224 Å². The summed E-state index contributed by atoms with van der Waals surface area (Å²) in [5.74, 6) is 0. The van der Waals surface area contributed by atoms with Crippen LogP contribution < -0.4 is 4.90 Å². The molecular weight excluding hydrogens is 773 g/mol. The van der Waals surface area contributed by atoms with Gasteiger partial charge in [0.15, 0.2) is 0 Å². The van der Waals surface area contributed by atoms with Gasteiger partial charge in [0.2, 0.25) is 0 Å². The number of nitrogens with zero attached hydrogens (tertiary/aromatic N) is 2. The third kappa shape index (κ3) is 6.85. The van der Waals surface area contributed by atoms with Crippen LogP contribution in [0.3, 0.4) is 0 Å². The Hall–Kier alpha value is -7.94. The second-order valence-electron chi connectivity index (χ2n) is 17.4. The minimum atomic E-state index is -0.0897. The van der Waals surface area contributed by atoms with Crippen LogP contribution in [0, 0.1) is 6.92 Å². The molecule has 64 heavy (non-hydrogen) atoms. The number of anilines is 3. The molecule has 1 aliphatic rings. The van der Waals surface area contributed by atoms with Crippen molar-refractivity contribution in [2.24, 2.45) is 0 Å². The van der Waals surface area contributed by atoms with E-state index in [2.05, 4.69) is 267 Å². The van der Waals surface area contributed by atoms with Crippen molar-refractivity contribution in [3.8, 4) is 50.3 Å². The lowest BCUT2D eigenvalue weighted by Crippen LogP contribution is -2.16. The molecule has 9 aromatic carbocycles. The first-order valence-corrected chi connectivity index (χ1v) is 22.3. The van der Waals surface area contributed by atoms with E-state index >= 15 is 0 Å². The second kappa shape index (κ2) is 16.1. The molecule has 11 rings (SSSR count). The molecule has 0 saturated carbocycles. The summed E-state index contributed by atoms with van der Waals surface area (Å²) in [6.45, 7) is 6.85. The van der Waals surface area contributed by atoms with Crippen LogP contribution in [0.1, 0.15) is 41.7 Å². The van der Waals surface area contributed by atoms with E-state index in [1.807, 2.05) is 0 Å². The molecule has 0 atom stereocenters. The second-order valence-corrected chi connectivity index (χ2v) is 17.4. The van der Waals surface area contributed by atoms with Crippen LogP contribution in [-0.2, 0) is 5.41 Å². The Morgan fingerprint density at radius 3 is 1.69 bits per heavy atom. The first-order valence-electron chi connectivity index (χ1n) is 22.3. The van der Waals surface area contributed by atoms with Crippen LogP contribution in [0.4, 0.5) is 17.1 Å². The molecule has 0 bridgehead atoms. The van der Waals surface area contributed by atoms with E-state index in [1.165, 1.54) is 72.2 Å². The van der Waals surface area contributed by atoms with E-state index in [1.54, 1.807) is 0 Å². The molecule has 306 valence electrons. The van der Waals surface area contributed by atoms with E-state index < -0.39 is 0 Å². The van der Waals surface area contributed by atoms with Crippen LogP contribution in [0.5, 0.6) is 0 Å². The number of rotatable bonds is 9. The standard InChI is InChI=1S/C62H48N2/c1-43-26-34-50(35-27-43)63(53-40-41-55-54-23-13-14-25-57(54)62(2,3)58(55)42-53)51-36-29-44(30-37-51)28-31-49-22-15-24-56-59(47-18-9-5-10-19-47)61(48-20-11-6-12-21-48)64(60(49)56)52-38-32-46(33-39-52)45-16-7-4-8-17-45/h4-42H,1-3H3. The molecule has 0 aliphatic heterocycles. The summed E-state index contributed by atoms with van der Waals surface area (Å²) >= 11 is 0. The smallest absolute Gasteiger partial charge is 0.0619 e. The maximum absolute atomic E-state index is 2.47. The fraction of sp³-hybridized carbons (Fsp3) is 0.0645. The maximum Gasteiger partial charge on any atom is 0.0619 e. The molecule has 0 fully saturated rings. The fourth-order valence-electron chi connectivity index (χ4n) is 9.85. The molecule has 1 heterocycles. The zero-order valence-electron chi connectivity index (χ0n) is 36.4.